The van der Waals surface area contributed by atoms with E-state index in [9.17, 15) is 0 Å². The number of hydrogen-bond acceptors (Lipinski definition) is 4. The predicted molar refractivity (Wildman–Crippen MR) is 123 cm³/mol. The number of ether oxygens (including phenoxy) is 1. The van der Waals surface area contributed by atoms with Crippen LogP contribution in [0.2, 0.25) is 0 Å². The summed E-state index contributed by atoms with van der Waals surface area (Å²) in [5.74, 6) is 2.46. The molecule has 3 heterocycles. The standard InChI is InChI=1S/C26H32N4O/c1-28-17-23-18-30(19-25(23)26(28)22-6-3-2-4-7-22)16-21-8-10-24(11-9-21)31-15-5-13-29-14-12-27-20-29/h2-4,6-12,14,20,23,25-26H,5,13,15-19H2,1H3/t23-,25+,26-/m0/s1. The number of aromatic nitrogens is 2. The van der Waals surface area contributed by atoms with Gasteiger partial charge in [-0.3, -0.25) is 9.80 Å². The average molecular weight is 417 g/mol. The average Bonchev–Trinajstić information content (AvgIpc) is 3.50. The number of hydrogen-bond donors (Lipinski definition) is 0. The quantitative estimate of drug-likeness (QED) is 0.518. The topological polar surface area (TPSA) is 33.5 Å². The van der Waals surface area contributed by atoms with Crippen LogP contribution in [0.15, 0.2) is 73.3 Å². The number of rotatable bonds is 8. The molecule has 0 radical (unpaired) electrons. The molecule has 0 saturated carbocycles. The third-order valence-corrected chi connectivity index (χ3v) is 6.83. The Bertz CT molecular complexity index is 941. The first-order chi connectivity index (χ1) is 15.3. The summed E-state index contributed by atoms with van der Waals surface area (Å²) in [6.45, 7) is 6.27. The summed E-state index contributed by atoms with van der Waals surface area (Å²) in [6.07, 6.45) is 6.63. The van der Waals surface area contributed by atoms with Crippen LogP contribution < -0.4 is 4.74 Å². The molecule has 3 atom stereocenters. The van der Waals surface area contributed by atoms with Gasteiger partial charge in [0.05, 0.1) is 12.9 Å². The van der Waals surface area contributed by atoms with Gasteiger partial charge in [-0.25, -0.2) is 4.98 Å². The third kappa shape index (κ3) is 4.68. The fraction of sp³-hybridized carbons (Fsp3) is 0.423. The van der Waals surface area contributed by atoms with Crippen LogP contribution in [0.1, 0.15) is 23.6 Å². The lowest BCUT2D eigenvalue weighted by atomic mass is 9.90. The van der Waals surface area contributed by atoms with E-state index >= 15 is 0 Å². The Labute approximate surface area is 185 Å². The number of benzene rings is 2. The van der Waals surface area contributed by atoms with E-state index in [4.69, 9.17) is 4.74 Å². The van der Waals surface area contributed by atoms with Crippen molar-refractivity contribution in [3.8, 4) is 5.75 Å². The molecular formula is C26H32N4O. The minimum atomic E-state index is 0.550. The van der Waals surface area contributed by atoms with Crippen molar-refractivity contribution >= 4 is 0 Å². The lowest BCUT2D eigenvalue weighted by molar-refractivity contribution is 0.224. The van der Waals surface area contributed by atoms with E-state index in [1.54, 1.807) is 0 Å². The van der Waals surface area contributed by atoms with Crippen LogP contribution in [0, 0.1) is 11.8 Å². The van der Waals surface area contributed by atoms with Crippen LogP contribution in [-0.2, 0) is 13.1 Å². The second-order valence-corrected chi connectivity index (χ2v) is 9.06. The number of aryl methyl sites for hydroxylation is 1. The molecule has 0 spiro atoms. The number of nitrogens with zero attached hydrogens (tertiary/aromatic N) is 4. The minimum absolute atomic E-state index is 0.550. The maximum Gasteiger partial charge on any atom is 0.119 e. The summed E-state index contributed by atoms with van der Waals surface area (Å²) in [7, 11) is 2.29. The van der Waals surface area contributed by atoms with Gasteiger partial charge in [0, 0.05) is 51.2 Å². The lowest BCUT2D eigenvalue weighted by Crippen LogP contribution is -2.28. The maximum atomic E-state index is 5.91. The SMILES string of the molecule is CN1C[C@H]2CN(Cc3ccc(OCCCn4ccnc4)cc3)C[C@H]2[C@@H]1c1ccccc1. The van der Waals surface area contributed by atoms with E-state index in [2.05, 4.69) is 81.0 Å². The molecule has 2 fully saturated rings. The van der Waals surface area contributed by atoms with E-state index in [1.807, 2.05) is 18.7 Å². The molecule has 2 aliphatic rings. The number of fused-ring (bicyclic) bond motifs is 1. The van der Waals surface area contributed by atoms with Gasteiger partial charge in [-0.05, 0) is 48.6 Å². The molecule has 2 saturated heterocycles. The number of imidazole rings is 1. The molecule has 5 nitrogen and oxygen atoms in total. The van der Waals surface area contributed by atoms with E-state index in [0.717, 1.165) is 43.7 Å². The highest BCUT2D eigenvalue weighted by atomic mass is 16.5. The normalized spacial score (nSPS) is 23.8. The van der Waals surface area contributed by atoms with Gasteiger partial charge in [-0.15, -0.1) is 0 Å². The van der Waals surface area contributed by atoms with Crippen LogP contribution in [-0.4, -0.2) is 52.6 Å². The highest BCUT2D eigenvalue weighted by molar-refractivity contribution is 5.28. The van der Waals surface area contributed by atoms with Crippen LogP contribution >= 0.6 is 0 Å². The zero-order valence-electron chi connectivity index (χ0n) is 18.3. The monoisotopic (exact) mass is 416 g/mol. The summed E-state index contributed by atoms with van der Waals surface area (Å²) in [5.41, 5.74) is 2.84. The highest BCUT2D eigenvalue weighted by Gasteiger charge is 2.45. The molecule has 0 aliphatic carbocycles. The third-order valence-electron chi connectivity index (χ3n) is 6.83. The fourth-order valence-corrected chi connectivity index (χ4v) is 5.44. The smallest absolute Gasteiger partial charge is 0.119 e. The van der Waals surface area contributed by atoms with Gasteiger partial charge in [0.15, 0.2) is 0 Å². The van der Waals surface area contributed by atoms with Crippen molar-refractivity contribution in [3.63, 3.8) is 0 Å². The van der Waals surface area contributed by atoms with Crippen molar-refractivity contribution in [2.45, 2.75) is 25.6 Å². The molecule has 0 unspecified atom stereocenters. The Morgan fingerprint density at radius 2 is 1.84 bits per heavy atom. The molecular weight excluding hydrogens is 384 g/mol. The zero-order chi connectivity index (χ0) is 21.0. The van der Waals surface area contributed by atoms with Crippen molar-refractivity contribution in [1.82, 2.24) is 19.4 Å². The maximum absolute atomic E-state index is 5.91. The van der Waals surface area contributed by atoms with E-state index in [0.29, 0.717) is 6.04 Å². The second-order valence-electron chi connectivity index (χ2n) is 9.06. The Morgan fingerprint density at radius 1 is 1.00 bits per heavy atom. The number of likely N-dealkylation sites (tertiary alicyclic amines) is 2. The molecule has 31 heavy (non-hydrogen) atoms. The van der Waals surface area contributed by atoms with Gasteiger partial charge in [-0.2, -0.15) is 0 Å². The molecule has 162 valence electrons. The van der Waals surface area contributed by atoms with Crippen LogP contribution in [0.5, 0.6) is 5.75 Å². The highest BCUT2D eigenvalue weighted by Crippen LogP contribution is 2.44. The van der Waals surface area contributed by atoms with Crippen LogP contribution in [0.25, 0.3) is 0 Å². The predicted octanol–water partition coefficient (Wildman–Crippen LogP) is 4.09. The van der Waals surface area contributed by atoms with Crippen molar-refractivity contribution in [3.05, 3.63) is 84.4 Å². The van der Waals surface area contributed by atoms with Crippen molar-refractivity contribution in [1.29, 1.82) is 0 Å². The van der Waals surface area contributed by atoms with Crippen LogP contribution in [0.3, 0.4) is 0 Å². The fourth-order valence-electron chi connectivity index (χ4n) is 5.44. The Kier molecular flexibility index (Phi) is 6.05. The van der Waals surface area contributed by atoms with E-state index in [1.165, 1.54) is 30.8 Å². The minimum Gasteiger partial charge on any atom is -0.494 e. The lowest BCUT2D eigenvalue weighted by Gasteiger charge is -2.27. The van der Waals surface area contributed by atoms with Gasteiger partial charge in [0.2, 0.25) is 0 Å². The summed E-state index contributed by atoms with van der Waals surface area (Å²) in [6, 6.07) is 20.3. The first kappa shape index (κ1) is 20.3. The van der Waals surface area contributed by atoms with Gasteiger partial charge >= 0.3 is 0 Å². The molecule has 5 rings (SSSR count). The summed E-state index contributed by atoms with van der Waals surface area (Å²) >= 11 is 0. The van der Waals surface area contributed by atoms with Crippen molar-refractivity contribution in [2.24, 2.45) is 11.8 Å². The van der Waals surface area contributed by atoms with Gasteiger partial charge in [-0.1, -0.05) is 42.5 Å². The first-order valence-electron chi connectivity index (χ1n) is 11.4. The second kappa shape index (κ2) is 9.25. The Hall–Kier alpha value is -2.63. The molecule has 0 N–H and O–H groups in total. The van der Waals surface area contributed by atoms with Crippen molar-refractivity contribution < 1.29 is 4.74 Å². The molecule has 0 amide bonds. The molecule has 3 aromatic rings. The summed E-state index contributed by atoms with van der Waals surface area (Å²) in [5, 5.41) is 0. The summed E-state index contributed by atoms with van der Waals surface area (Å²) < 4.78 is 7.99. The van der Waals surface area contributed by atoms with Gasteiger partial charge in [0.1, 0.15) is 5.75 Å². The van der Waals surface area contributed by atoms with E-state index < -0.39 is 0 Å². The van der Waals surface area contributed by atoms with Gasteiger partial charge < -0.3 is 9.30 Å². The molecule has 0 bridgehead atoms. The molecule has 1 aromatic heterocycles. The molecule has 2 aromatic carbocycles. The molecule has 5 heteroatoms. The first-order valence-corrected chi connectivity index (χ1v) is 11.4. The zero-order valence-corrected chi connectivity index (χ0v) is 18.3. The largest absolute Gasteiger partial charge is 0.494 e. The molecule has 2 aliphatic heterocycles. The summed E-state index contributed by atoms with van der Waals surface area (Å²) in [4.78, 5) is 9.26. The van der Waals surface area contributed by atoms with E-state index in [-0.39, 0.29) is 0 Å². The Balaban J connectivity index is 1.12. The van der Waals surface area contributed by atoms with Crippen LogP contribution in [0.4, 0.5) is 0 Å². The van der Waals surface area contributed by atoms with Gasteiger partial charge in [0.25, 0.3) is 0 Å². The Morgan fingerprint density at radius 3 is 2.61 bits per heavy atom. The van der Waals surface area contributed by atoms with Crippen molar-refractivity contribution in [2.75, 3.05) is 33.3 Å².